The normalized spacial score (nSPS) is 13.5. The van der Waals surface area contributed by atoms with Crippen molar-refractivity contribution < 1.29 is 9.53 Å². The molecule has 0 spiro atoms. The largest absolute Gasteiger partial charge is 0.494 e. The van der Waals surface area contributed by atoms with E-state index in [4.69, 9.17) is 4.74 Å². The molecule has 2 rings (SSSR count). The lowest BCUT2D eigenvalue weighted by Gasteiger charge is -2.19. The van der Waals surface area contributed by atoms with E-state index in [0.717, 1.165) is 36.2 Å². The van der Waals surface area contributed by atoms with Gasteiger partial charge in [-0.3, -0.25) is 4.79 Å². The van der Waals surface area contributed by atoms with Gasteiger partial charge in [0.2, 0.25) is 0 Å². The molecule has 3 nitrogen and oxygen atoms in total. The maximum Gasteiger partial charge on any atom is 0.253 e. The number of allylic oxidation sites excluding steroid dienone is 5. The zero-order chi connectivity index (χ0) is 18.9. The summed E-state index contributed by atoms with van der Waals surface area (Å²) in [5.74, 6) is 0.971. The SMILES string of the molecule is C=CC1=C(C(=O)N(C)CCCCOc2cc(C)cc(C)c2)C=CC=CC1. The minimum atomic E-state index is 0.0510. The van der Waals surface area contributed by atoms with Crippen molar-refractivity contribution in [2.75, 3.05) is 20.2 Å². The molecule has 1 aliphatic rings. The van der Waals surface area contributed by atoms with Gasteiger partial charge in [0.15, 0.2) is 0 Å². The van der Waals surface area contributed by atoms with Gasteiger partial charge in [0.1, 0.15) is 5.75 Å². The third kappa shape index (κ3) is 5.76. The maximum atomic E-state index is 12.7. The lowest BCUT2D eigenvalue weighted by molar-refractivity contribution is -0.125. The van der Waals surface area contributed by atoms with Crippen LogP contribution < -0.4 is 4.74 Å². The van der Waals surface area contributed by atoms with Crippen molar-refractivity contribution in [3.05, 3.63) is 77.4 Å². The molecule has 1 aromatic rings. The Morgan fingerprint density at radius 2 is 1.92 bits per heavy atom. The van der Waals surface area contributed by atoms with E-state index in [9.17, 15) is 4.79 Å². The molecule has 1 aromatic carbocycles. The molecule has 1 aliphatic carbocycles. The number of unbranched alkanes of at least 4 members (excludes halogenated alkanes) is 1. The zero-order valence-electron chi connectivity index (χ0n) is 16.1. The highest BCUT2D eigenvalue weighted by Gasteiger charge is 2.15. The van der Waals surface area contributed by atoms with Gasteiger partial charge in [0.05, 0.1) is 6.61 Å². The number of carbonyl (C=O) groups excluding carboxylic acids is 1. The molecular weight excluding hydrogens is 322 g/mol. The average molecular weight is 351 g/mol. The van der Waals surface area contributed by atoms with Crippen LogP contribution in [0.5, 0.6) is 5.75 Å². The van der Waals surface area contributed by atoms with E-state index >= 15 is 0 Å². The Bertz CT molecular complexity index is 720. The fourth-order valence-electron chi connectivity index (χ4n) is 3.01. The number of benzene rings is 1. The number of aryl methyl sites for hydroxylation is 2. The standard InChI is InChI=1S/C23H29NO2/c1-5-20-11-7-6-8-12-22(20)23(25)24(4)13-9-10-14-26-21-16-18(2)15-19(3)17-21/h5-8,12,15-17H,1,9-11,13-14H2,2-4H3. The van der Waals surface area contributed by atoms with Crippen LogP contribution in [0.4, 0.5) is 0 Å². The van der Waals surface area contributed by atoms with Crippen molar-refractivity contribution in [2.24, 2.45) is 0 Å². The predicted molar refractivity (Wildman–Crippen MR) is 108 cm³/mol. The molecule has 0 heterocycles. The van der Waals surface area contributed by atoms with Crippen LogP contribution >= 0.6 is 0 Å². The summed E-state index contributed by atoms with van der Waals surface area (Å²) in [7, 11) is 1.85. The Labute approximate surface area is 157 Å². The molecule has 0 fully saturated rings. The van der Waals surface area contributed by atoms with Crippen molar-refractivity contribution in [3.63, 3.8) is 0 Å². The number of amides is 1. The van der Waals surface area contributed by atoms with Gasteiger partial charge in [-0.05, 0) is 68.0 Å². The first-order valence-corrected chi connectivity index (χ1v) is 9.16. The van der Waals surface area contributed by atoms with Crippen LogP contribution in [-0.2, 0) is 4.79 Å². The summed E-state index contributed by atoms with van der Waals surface area (Å²) in [6, 6.07) is 6.24. The summed E-state index contributed by atoms with van der Waals surface area (Å²) < 4.78 is 5.83. The Balaban J connectivity index is 1.79. The molecule has 0 atom stereocenters. The predicted octanol–water partition coefficient (Wildman–Crippen LogP) is 4.92. The Kier molecular flexibility index (Phi) is 7.46. The Morgan fingerprint density at radius 3 is 2.62 bits per heavy atom. The number of hydrogen-bond donors (Lipinski definition) is 0. The van der Waals surface area contributed by atoms with Gasteiger partial charge in [-0.2, -0.15) is 0 Å². The van der Waals surface area contributed by atoms with Crippen LogP contribution in [-0.4, -0.2) is 31.0 Å². The van der Waals surface area contributed by atoms with Crippen molar-refractivity contribution in [1.29, 1.82) is 0 Å². The van der Waals surface area contributed by atoms with Gasteiger partial charge in [-0.15, -0.1) is 0 Å². The summed E-state index contributed by atoms with van der Waals surface area (Å²) in [6.07, 6.45) is 12.1. The van der Waals surface area contributed by atoms with Gasteiger partial charge in [0, 0.05) is 19.2 Å². The van der Waals surface area contributed by atoms with Crippen molar-refractivity contribution in [1.82, 2.24) is 4.90 Å². The first-order chi connectivity index (χ1) is 12.5. The highest BCUT2D eigenvalue weighted by Crippen LogP contribution is 2.19. The lowest BCUT2D eigenvalue weighted by atomic mass is 10.0. The molecule has 26 heavy (non-hydrogen) atoms. The number of rotatable bonds is 8. The number of nitrogens with zero attached hydrogens (tertiary/aromatic N) is 1. The van der Waals surface area contributed by atoms with Crippen molar-refractivity contribution in [2.45, 2.75) is 33.1 Å². The molecule has 0 aromatic heterocycles. The lowest BCUT2D eigenvalue weighted by Crippen LogP contribution is -2.29. The molecule has 0 N–H and O–H groups in total. The van der Waals surface area contributed by atoms with Crippen LogP contribution in [0.3, 0.4) is 0 Å². The fraction of sp³-hybridized carbons (Fsp3) is 0.348. The first-order valence-electron chi connectivity index (χ1n) is 9.16. The molecule has 3 heteroatoms. The van der Waals surface area contributed by atoms with Crippen LogP contribution in [0.2, 0.25) is 0 Å². The van der Waals surface area contributed by atoms with Gasteiger partial charge < -0.3 is 9.64 Å². The number of likely N-dealkylation sites (N-methyl/N-ethyl adjacent to an activating group) is 1. The molecule has 0 unspecified atom stereocenters. The Hall–Kier alpha value is -2.55. The first kappa shape index (κ1) is 19.8. The average Bonchev–Trinajstić information content (AvgIpc) is 2.85. The number of carbonyl (C=O) groups is 1. The smallest absolute Gasteiger partial charge is 0.253 e. The Morgan fingerprint density at radius 1 is 1.19 bits per heavy atom. The number of hydrogen-bond acceptors (Lipinski definition) is 2. The second kappa shape index (κ2) is 9.81. The minimum Gasteiger partial charge on any atom is -0.494 e. The topological polar surface area (TPSA) is 29.5 Å². The second-order valence-corrected chi connectivity index (χ2v) is 6.74. The van der Waals surface area contributed by atoms with E-state index in [-0.39, 0.29) is 5.91 Å². The third-order valence-corrected chi connectivity index (χ3v) is 4.37. The van der Waals surface area contributed by atoms with Crippen molar-refractivity contribution in [3.8, 4) is 5.75 Å². The monoisotopic (exact) mass is 351 g/mol. The van der Waals surface area contributed by atoms with Gasteiger partial charge in [-0.25, -0.2) is 0 Å². The molecule has 0 aliphatic heterocycles. The van der Waals surface area contributed by atoms with Crippen LogP contribution in [0, 0.1) is 13.8 Å². The van der Waals surface area contributed by atoms with Crippen molar-refractivity contribution >= 4 is 5.91 Å². The van der Waals surface area contributed by atoms with Gasteiger partial charge in [-0.1, -0.05) is 36.9 Å². The van der Waals surface area contributed by atoms with Crippen LogP contribution in [0.1, 0.15) is 30.4 Å². The molecule has 138 valence electrons. The highest BCUT2D eigenvalue weighted by atomic mass is 16.5. The summed E-state index contributed by atoms with van der Waals surface area (Å²) in [4.78, 5) is 14.5. The fourth-order valence-corrected chi connectivity index (χ4v) is 3.01. The molecule has 0 bridgehead atoms. The van der Waals surface area contributed by atoms with Crippen LogP contribution in [0.25, 0.3) is 0 Å². The molecule has 0 saturated heterocycles. The summed E-state index contributed by atoms with van der Waals surface area (Å²) in [5.41, 5.74) is 4.13. The summed E-state index contributed by atoms with van der Waals surface area (Å²) in [5, 5.41) is 0. The quantitative estimate of drug-likeness (QED) is 0.622. The number of ether oxygens (including phenoxy) is 1. The van der Waals surface area contributed by atoms with E-state index in [2.05, 4.69) is 38.6 Å². The van der Waals surface area contributed by atoms with Gasteiger partial charge >= 0.3 is 0 Å². The van der Waals surface area contributed by atoms with E-state index in [1.807, 2.05) is 31.4 Å². The highest BCUT2D eigenvalue weighted by molar-refractivity contribution is 5.97. The summed E-state index contributed by atoms with van der Waals surface area (Å²) >= 11 is 0. The van der Waals surface area contributed by atoms with E-state index in [1.165, 1.54) is 11.1 Å². The second-order valence-electron chi connectivity index (χ2n) is 6.74. The molecular formula is C23H29NO2. The van der Waals surface area contributed by atoms with E-state index < -0.39 is 0 Å². The maximum absolute atomic E-state index is 12.7. The summed E-state index contributed by atoms with van der Waals surface area (Å²) in [6.45, 7) is 9.35. The van der Waals surface area contributed by atoms with E-state index in [0.29, 0.717) is 13.2 Å². The zero-order valence-corrected chi connectivity index (χ0v) is 16.1. The van der Waals surface area contributed by atoms with Gasteiger partial charge in [0.25, 0.3) is 5.91 Å². The third-order valence-electron chi connectivity index (χ3n) is 4.37. The molecule has 1 amide bonds. The van der Waals surface area contributed by atoms with Crippen LogP contribution in [0.15, 0.2) is 66.3 Å². The minimum absolute atomic E-state index is 0.0510. The van der Waals surface area contributed by atoms with E-state index in [1.54, 1.807) is 11.0 Å². The molecule has 0 saturated carbocycles. The molecule has 0 radical (unpaired) electrons.